The molecule has 5 heteroatoms. The molecule has 2 heterocycles. The van der Waals surface area contributed by atoms with Crippen LogP contribution in [-0.4, -0.2) is 30.0 Å². The number of methoxy groups -OCH3 is 2. The van der Waals surface area contributed by atoms with Gasteiger partial charge in [-0.2, -0.15) is 0 Å². The Morgan fingerprint density at radius 3 is 1.55 bits per heavy atom. The monoisotopic (exact) mass is 300 g/mol. The van der Waals surface area contributed by atoms with Gasteiger partial charge in [-0.25, -0.2) is 0 Å². The minimum atomic E-state index is -0.301. The second-order valence-corrected chi connectivity index (χ2v) is 5.09. The fourth-order valence-corrected chi connectivity index (χ4v) is 2.20. The average molecular weight is 300 g/mol. The molecule has 116 valence electrons. The molecular formula is C17H20N2O3. The molecule has 0 aliphatic heterocycles. The fraction of sp³-hybridized carbons (Fsp3) is 0.353. The van der Waals surface area contributed by atoms with Crippen LogP contribution in [0.15, 0.2) is 36.7 Å². The lowest BCUT2D eigenvalue weighted by Gasteiger charge is -2.16. The van der Waals surface area contributed by atoms with Crippen LogP contribution in [0.3, 0.4) is 0 Å². The smallest absolute Gasteiger partial charge is 0.150 e. The van der Waals surface area contributed by atoms with Crippen molar-refractivity contribution in [3.05, 3.63) is 48.0 Å². The number of carbonyl (C=O) groups excluding carboxylic acids is 1. The molecule has 0 aliphatic carbocycles. The Balaban J connectivity index is 2.13. The summed E-state index contributed by atoms with van der Waals surface area (Å²) in [5, 5.41) is 0. The van der Waals surface area contributed by atoms with Gasteiger partial charge in [0, 0.05) is 0 Å². The molecule has 0 bridgehead atoms. The Labute approximate surface area is 130 Å². The summed E-state index contributed by atoms with van der Waals surface area (Å²) in [4.78, 5) is 21.2. The van der Waals surface area contributed by atoms with Crippen LogP contribution < -0.4 is 9.47 Å². The summed E-state index contributed by atoms with van der Waals surface area (Å²) in [5.41, 5.74) is 1.46. The molecule has 0 N–H and O–H groups in total. The normalized spacial score (nSPS) is 13.3. The minimum Gasteiger partial charge on any atom is -0.495 e. The lowest BCUT2D eigenvalue weighted by Crippen LogP contribution is -2.18. The molecule has 0 aromatic carbocycles. The molecule has 2 unspecified atom stereocenters. The summed E-state index contributed by atoms with van der Waals surface area (Å²) in [6.45, 7) is 3.72. The third kappa shape index (κ3) is 3.42. The Kier molecular flexibility index (Phi) is 5.09. The highest BCUT2D eigenvalue weighted by atomic mass is 16.5. The number of ether oxygens (including phenoxy) is 2. The van der Waals surface area contributed by atoms with E-state index in [4.69, 9.17) is 9.47 Å². The third-order valence-electron chi connectivity index (χ3n) is 3.73. The number of pyridine rings is 2. The van der Waals surface area contributed by atoms with Gasteiger partial charge in [0.1, 0.15) is 17.3 Å². The average Bonchev–Trinajstić information content (AvgIpc) is 2.60. The minimum absolute atomic E-state index is 0.0790. The molecule has 5 nitrogen and oxygen atoms in total. The predicted octanol–water partition coefficient (Wildman–Crippen LogP) is 2.97. The SMILES string of the molecule is COc1ccc(C(C)C(=O)C(C)c2ccc(OC)cn2)nc1. The van der Waals surface area contributed by atoms with Crippen molar-refractivity contribution in [1.82, 2.24) is 9.97 Å². The van der Waals surface area contributed by atoms with Crippen LogP contribution in [0, 0.1) is 0 Å². The van der Waals surface area contributed by atoms with E-state index < -0.39 is 0 Å². The summed E-state index contributed by atoms with van der Waals surface area (Å²) in [6, 6.07) is 7.25. The molecule has 0 spiro atoms. The van der Waals surface area contributed by atoms with E-state index >= 15 is 0 Å². The topological polar surface area (TPSA) is 61.3 Å². The van der Waals surface area contributed by atoms with Gasteiger partial charge < -0.3 is 9.47 Å². The Morgan fingerprint density at radius 2 is 1.27 bits per heavy atom. The van der Waals surface area contributed by atoms with Crippen molar-refractivity contribution in [2.75, 3.05) is 14.2 Å². The van der Waals surface area contributed by atoms with Crippen LogP contribution >= 0.6 is 0 Å². The van der Waals surface area contributed by atoms with Gasteiger partial charge in [-0.3, -0.25) is 14.8 Å². The molecular weight excluding hydrogens is 280 g/mol. The molecule has 2 aromatic rings. The second-order valence-electron chi connectivity index (χ2n) is 5.09. The van der Waals surface area contributed by atoms with Gasteiger partial charge in [-0.1, -0.05) is 0 Å². The third-order valence-corrected chi connectivity index (χ3v) is 3.73. The molecule has 22 heavy (non-hydrogen) atoms. The van der Waals surface area contributed by atoms with Crippen molar-refractivity contribution in [2.24, 2.45) is 0 Å². The van der Waals surface area contributed by atoms with Gasteiger partial charge in [-0.15, -0.1) is 0 Å². The van der Waals surface area contributed by atoms with Gasteiger partial charge >= 0.3 is 0 Å². The van der Waals surface area contributed by atoms with Gasteiger partial charge in [-0.05, 0) is 38.1 Å². The summed E-state index contributed by atoms with van der Waals surface area (Å²) in [5.74, 6) is 0.825. The van der Waals surface area contributed by atoms with Gasteiger partial charge in [0.15, 0.2) is 0 Å². The summed E-state index contributed by atoms with van der Waals surface area (Å²) >= 11 is 0. The Hall–Kier alpha value is -2.43. The molecule has 2 atom stereocenters. The highest BCUT2D eigenvalue weighted by Gasteiger charge is 2.24. The number of aromatic nitrogens is 2. The molecule has 2 rings (SSSR count). The highest BCUT2D eigenvalue weighted by Crippen LogP contribution is 2.25. The Bertz CT molecular complexity index is 568. The van der Waals surface area contributed by atoms with E-state index in [1.807, 2.05) is 38.1 Å². The van der Waals surface area contributed by atoms with Crippen molar-refractivity contribution in [3.63, 3.8) is 0 Å². The number of Topliss-reactive ketones (excluding diaryl/α,β-unsaturated/α-hetero) is 1. The maximum absolute atomic E-state index is 12.6. The second kappa shape index (κ2) is 7.02. The summed E-state index contributed by atoms with van der Waals surface area (Å²) in [6.07, 6.45) is 3.24. The molecule has 0 radical (unpaired) electrons. The molecule has 0 saturated carbocycles. The van der Waals surface area contributed by atoms with Crippen molar-refractivity contribution in [3.8, 4) is 11.5 Å². The van der Waals surface area contributed by atoms with Crippen LogP contribution in [-0.2, 0) is 4.79 Å². The van der Waals surface area contributed by atoms with Crippen LogP contribution in [0.1, 0.15) is 37.1 Å². The molecule has 0 amide bonds. The number of nitrogens with zero attached hydrogens (tertiary/aromatic N) is 2. The zero-order chi connectivity index (χ0) is 16.1. The quantitative estimate of drug-likeness (QED) is 0.820. The molecule has 2 aromatic heterocycles. The van der Waals surface area contributed by atoms with Crippen LogP contribution in [0.4, 0.5) is 0 Å². The maximum atomic E-state index is 12.6. The van der Waals surface area contributed by atoms with E-state index in [0.717, 1.165) is 11.4 Å². The molecule has 0 saturated heterocycles. The van der Waals surface area contributed by atoms with Crippen molar-refractivity contribution in [2.45, 2.75) is 25.7 Å². The van der Waals surface area contributed by atoms with E-state index in [-0.39, 0.29) is 17.6 Å². The number of hydrogen-bond donors (Lipinski definition) is 0. The van der Waals surface area contributed by atoms with E-state index in [1.54, 1.807) is 26.6 Å². The number of rotatable bonds is 6. The zero-order valence-corrected chi connectivity index (χ0v) is 13.2. The summed E-state index contributed by atoms with van der Waals surface area (Å²) in [7, 11) is 3.17. The van der Waals surface area contributed by atoms with E-state index in [9.17, 15) is 4.79 Å². The number of carbonyl (C=O) groups is 1. The van der Waals surface area contributed by atoms with Gasteiger partial charge in [0.2, 0.25) is 0 Å². The predicted molar refractivity (Wildman–Crippen MR) is 83.4 cm³/mol. The lowest BCUT2D eigenvalue weighted by molar-refractivity contribution is -0.121. The number of ketones is 1. The molecule has 0 aliphatic rings. The number of hydrogen-bond acceptors (Lipinski definition) is 5. The first-order chi connectivity index (χ1) is 10.6. The van der Waals surface area contributed by atoms with E-state index in [2.05, 4.69) is 9.97 Å². The summed E-state index contributed by atoms with van der Waals surface area (Å²) < 4.78 is 10.2. The van der Waals surface area contributed by atoms with E-state index in [1.165, 1.54) is 0 Å². The Morgan fingerprint density at radius 1 is 0.864 bits per heavy atom. The fourth-order valence-electron chi connectivity index (χ4n) is 2.20. The van der Waals surface area contributed by atoms with Crippen LogP contribution in [0.5, 0.6) is 11.5 Å². The van der Waals surface area contributed by atoms with Crippen LogP contribution in [0.25, 0.3) is 0 Å². The first-order valence-electron chi connectivity index (χ1n) is 7.10. The highest BCUT2D eigenvalue weighted by molar-refractivity contribution is 5.90. The van der Waals surface area contributed by atoms with E-state index in [0.29, 0.717) is 11.5 Å². The van der Waals surface area contributed by atoms with Crippen LogP contribution in [0.2, 0.25) is 0 Å². The largest absolute Gasteiger partial charge is 0.495 e. The first kappa shape index (κ1) is 15.9. The first-order valence-corrected chi connectivity index (χ1v) is 7.10. The van der Waals surface area contributed by atoms with Crippen molar-refractivity contribution >= 4 is 5.78 Å². The lowest BCUT2D eigenvalue weighted by atomic mass is 9.90. The van der Waals surface area contributed by atoms with Gasteiger partial charge in [0.05, 0.1) is 49.8 Å². The van der Waals surface area contributed by atoms with Crippen molar-refractivity contribution in [1.29, 1.82) is 0 Å². The standard InChI is InChI=1S/C17H20N2O3/c1-11(15-7-5-13(21-3)9-18-15)17(20)12(2)16-8-6-14(22-4)10-19-16/h5-12H,1-4H3. The maximum Gasteiger partial charge on any atom is 0.150 e. The molecule has 0 fully saturated rings. The van der Waals surface area contributed by atoms with Gasteiger partial charge in [0.25, 0.3) is 0 Å². The van der Waals surface area contributed by atoms with Crippen molar-refractivity contribution < 1.29 is 14.3 Å². The zero-order valence-electron chi connectivity index (χ0n) is 13.2.